The number of para-hydroxylation sites is 1. The maximum absolute atomic E-state index is 12.5. The Morgan fingerprint density at radius 1 is 1.19 bits per heavy atom. The molecule has 1 amide bonds. The third-order valence-electron chi connectivity index (χ3n) is 3.13. The minimum atomic E-state index is -0.156. The SMILES string of the molecule is CCOc1ccccc1C(=O)Nc1ccc(Br)cc1CC. The number of amides is 1. The first-order valence-corrected chi connectivity index (χ1v) is 7.76. The Morgan fingerprint density at radius 3 is 2.67 bits per heavy atom. The second-order valence-corrected chi connectivity index (χ2v) is 5.45. The molecule has 0 saturated carbocycles. The summed E-state index contributed by atoms with van der Waals surface area (Å²) in [5, 5.41) is 2.96. The average Bonchev–Trinajstić information content (AvgIpc) is 2.49. The van der Waals surface area contributed by atoms with Crippen LogP contribution in [0.15, 0.2) is 46.9 Å². The van der Waals surface area contributed by atoms with Gasteiger partial charge in [-0.3, -0.25) is 4.79 Å². The number of rotatable bonds is 5. The number of halogens is 1. The molecule has 0 unspecified atom stereocenters. The van der Waals surface area contributed by atoms with Crippen molar-refractivity contribution in [3.63, 3.8) is 0 Å². The van der Waals surface area contributed by atoms with Crippen molar-refractivity contribution in [2.75, 3.05) is 11.9 Å². The van der Waals surface area contributed by atoms with E-state index in [-0.39, 0.29) is 5.91 Å². The van der Waals surface area contributed by atoms with Crippen LogP contribution in [-0.2, 0) is 6.42 Å². The third-order valence-corrected chi connectivity index (χ3v) is 3.62. The van der Waals surface area contributed by atoms with Gasteiger partial charge in [-0.05, 0) is 49.2 Å². The van der Waals surface area contributed by atoms with Crippen LogP contribution in [0, 0.1) is 0 Å². The van der Waals surface area contributed by atoms with Gasteiger partial charge in [0.1, 0.15) is 5.75 Å². The van der Waals surface area contributed by atoms with E-state index in [4.69, 9.17) is 4.74 Å². The maximum Gasteiger partial charge on any atom is 0.259 e. The number of carbonyl (C=O) groups is 1. The summed E-state index contributed by atoms with van der Waals surface area (Å²) in [6.45, 7) is 4.49. The Kier molecular flexibility index (Phi) is 5.39. The standard InChI is InChI=1S/C17H18BrNO2/c1-3-12-11-13(18)9-10-15(12)19-17(20)14-7-5-6-8-16(14)21-4-2/h5-11H,3-4H2,1-2H3,(H,19,20). The molecule has 2 aromatic carbocycles. The van der Waals surface area contributed by atoms with Crippen LogP contribution in [0.2, 0.25) is 0 Å². The van der Waals surface area contributed by atoms with Crippen molar-refractivity contribution in [2.45, 2.75) is 20.3 Å². The highest BCUT2D eigenvalue weighted by Gasteiger charge is 2.13. The minimum absolute atomic E-state index is 0.156. The number of carbonyl (C=O) groups excluding carboxylic acids is 1. The summed E-state index contributed by atoms with van der Waals surface area (Å²) in [6.07, 6.45) is 0.849. The van der Waals surface area contributed by atoms with Crippen LogP contribution < -0.4 is 10.1 Å². The quantitative estimate of drug-likeness (QED) is 0.853. The van der Waals surface area contributed by atoms with Gasteiger partial charge in [0, 0.05) is 10.2 Å². The molecule has 0 heterocycles. The van der Waals surface area contributed by atoms with Gasteiger partial charge in [-0.2, -0.15) is 0 Å². The number of ether oxygens (including phenoxy) is 1. The number of hydrogen-bond acceptors (Lipinski definition) is 2. The first-order chi connectivity index (χ1) is 10.2. The van der Waals surface area contributed by atoms with Gasteiger partial charge >= 0.3 is 0 Å². The topological polar surface area (TPSA) is 38.3 Å². The predicted molar refractivity (Wildman–Crippen MR) is 89.1 cm³/mol. The molecule has 3 nitrogen and oxygen atoms in total. The third kappa shape index (κ3) is 3.85. The molecule has 0 atom stereocenters. The lowest BCUT2D eigenvalue weighted by Gasteiger charge is -2.13. The maximum atomic E-state index is 12.5. The normalized spacial score (nSPS) is 10.2. The van der Waals surface area contributed by atoms with Gasteiger partial charge in [0.05, 0.1) is 12.2 Å². The monoisotopic (exact) mass is 347 g/mol. The van der Waals surface area contributed by atoms with Gasteiger partial charge in [0.25, 0.3) is 5.91 Å². The van der Waals surface area contributed by atoms with Crippen molar-refractivity contribution in [1.82, 2.24) is 0 Å². The molecule has 0 radical (unpaired) electrons. The molecule has 0 fully saturated rings. The van der Waals surface area contributed by atoms with E-state index in [0.717, 1.165) is 22.1 Å². The number of nitrogens with one attached hydrogen (secondary N) is 1. The first-order valence-electron chi connectivity index (χ1n) is 6.97. The molecular formula is C17H18BrNO2. The highest BCUT2D eigenvalue weighted by molar-refractivity contribution is 9.10. The van der Waals surface area contributed by atoms with Crippen LogP contribution in [0.4, 0.5) is 5.69 Å². The Bertz CT molecular complexity index is 640. The largest absolute Gasteiger partial charge is 0.493 e. The zero-order valence-electron chi connectivity index (χ0n) is 12.2. The van der Waals surface area contributed by atoms with Crippen molar-refractivity contribution in [3.05, 3.63) is 58.1 Å². The fourth-order valence-corrected chi connectivity index (χ4v) is 2.51. The summed E-state index contributed by atoms with van der Waals surface area (Å²) >= 11 is 3.45. The molecule has 0 spiro atoms. The molecule has 0 bridgehead atoms. The molecule has 0 aliphatic rings. The highest BCUT2D eigenvalue weighted by Crippen LogP contribution is 2.24. The summed E-state index contributed by atoms with van der Waals surface area (Å²) in [7, 11) is 0. The number of hydrogen-bond donors (Lipinski definition) is 1. The molecular weight excluding hydrogens is 330 g/mol. The van der Waals surface area contributed by atoms with Crippen LogP contribution in [0.25, 0.3) is 0 Å². The van der Waals surface area contributed by atoms with Crippen molar-refractivity contribution < 1.29 is 9.53 Å². The van der Waals surface area contributed by atoms with E-state index in [9.17, 15) is 4.79 Å². The molecule has 0 aromatic heterocycles. The summed E-state index contributed by atoms with van der Waals surface area (Å²) in [5.74, 6) is 0.448. The number of benzene rings is 2. The molecule has 110 valence electrons. The lowest BCUT2D eigenvalue weighted by molar-refractivity contribution is 0.102. The van der Waals surface area contributed by atoms with E-state index >= 15 is 0 Å². The summed E-state index contributed by atoms with van der Waals surface area (Å²) in [4.78, 5) is 12.5. The highest BCUT2D eigenvalue weighted by atomic mass is 79.9. The van der Waals surface area contributed by atoms with Crippen LogP contribution >= 0.6 is 15.9 Å². The van der Waals surface area contributed by atoms with E-state index in [0.29, 0.717) is 17.9 Å². The second kappa shape index (κ2) is 7.27. The molecule has 2 rings (SSSR count). The molecule has 0 aliphatic carbocycles. The fourth-order valence-electron chi connectivity index (χ4n) is 2.10. The Balaban J connectivity index is 2.26. The summed E-state index contributed by atoms with van der Waals surface area (Å²) < 4.78 is 6.51. The Morgan fingerprint density at radius 2 is 1.95 bits per heavy atom. The van der Waals surface area contributed by atoms with Crippen LogP contribution in [0.5, 0.6) is 5.75 Å². The van der Waals surface area contributed by atoms with Gasteiger partial charge in [0.2, 0.25) is 0 Å². The van der Waals surface area contributed by atoms with Crippen molar-refractivity contribution in [2.24, 2.45) is 0 Å². The Labute approximate surface area is 133 Å². The second-order valence-electron chi connectivity index (χ2n) is 4.54. The zero-order valence-corrected chi connectivity index (χ0v) is 13.7. The predicted octanol–water partition coefficient (Wildman–Crippen LogP) is 4.66. The molecule has 1 N–H and O–H groups in total. The van der Waals surface area contributed by atoms with Crippen molar-refractivity contribution in [3.8, 4) is 5.75 Å². The molecule has 2 aromatic rings. The first kappa shape index (κ1) is 15.6. The van der Waals surface area contributed by atoms with E-state index < -0.39 is 0 Å². The molecule has 21 heavy (non-hydrogen) atoms. The molecule has 4 heteroatoms. The van der Waals surface area contributed by atoms with Crippen molar-refractivity contribution in [1.29, 1.82) is 0 Å². The lowest BCUT2D eigenvalue weighted by atomic mass is 10.1. The molecule has 0 saturated heterocycles. The average molecular weight is 348 g/mol. The van der Waals surface area contributed by atoms with Gasteiger partial charge in [-0.1, -0.05) is 35.0 Å². The Hall–Kier alpha value is -1.81. The van der Waals surface area contributed by atoms with Gasteiger partial charge in [-0.25, -0.2) is 0 Å². The van der Waals surface area contributed by atoms with Crippen LogP contribution in [0.1, 0.15) is 29.8 Å². The smallest absolute Gasteiger partial charge is 0.259 e. The van der Waals surface area contributed by atoms with E-state index in [1.165, 1.54) is 0 Å². The fraction of sp³-hybridized carbons (Fsp3) is 0.235. The van der Waals surface area contributed by atoms with Gasteiger partial charge in [0.15, 0.2) is 0 Å². The number of aryl methyl sites for hydroxylation is 1. The minimum Gasteiger partial charge on any atom is -0.493 e. The van der Waals surface area contributed by atoms with Crippen molar-refractivity contribution >= 4 is 27.5 Å². The zero-order chi connectivity index (χ0) is 15.2. The van der Waals surface area contributed by atoms with E-state index in [2.05, 4.69) is 28.2 Å². The summed E-state index contributed by atoms with van der Waals surface area (Å²) in [6, 6.07) is 13.1. The van der Waals surface area contributed by atoms with Gasteiger partial charge in [-0.15, -0.1) is 0 Å². The molecule has 0 aliphatic heterocycles. The number of anilines is 1. The summed E-state index contributed by atoms with van der Waals surface area (Å²) in [5.41, 5.74) is 2.47. The van der Waals surface area contributed by atoms with Crippen LogP contribution in [0.3, 0.4) is 0 Å². The lowest BCUT2D eigenvalue weighted by Crippen LogP contribution is -2.14. The van der Waals surface area contributed by atoms with E-state index in [1.807, 2.05) is 37.3 Å². The van der Waals surface area contributed by atoms with E-state index in [1.54, 1.807) is 12.1 Å². The van der Waals surface area contributed by atoms with Crippen LogP contribution in [-0.4, -0.2) is 12.5 Å². The van der Waals surface area contributed by atoms with Gasteiger partial charge < -0.3 is 10.1 Å².